The van der Waals surface area contributed by atoms with Crippen LogP contribution in [0, 0.1) is 29.1 Å². The summed E-state index contributed by atoms with van der Waals surface area (Å²) in [5.41, 5.74) is -2.16. The molecule has 7 bridgehead atoms. The molecule has 1 amide bonds. The molecule has 11 heteroatoms. The van der Waals surface area contributed by atoms with E-state index < -0.39 is 34.3 Å². The van der Waals surface area contributed by atoms with Crippen molar-refractivity contribution < 1.29 is 38.7 Å². The third-order valence-electron chi connectivity index (χ3n) is 14.1. The van der Waals surface area contributed by atoms with Crippen molar-refractivity contribution in [2.75, 3.05) is 39.7 Å². The SMILES string of the molecule is CCN1C[C@]2(OC(=O)c3ccccc3NC(=O)/C=C(\C)c3ccncc3)CC[C@H](OC)[C@]34C1[C@@H](C[C@H]23)[C@@]1(O)C[C@H](OC)[C@H]2C[C@@H]4[C@]1(O)[C@H]2OC. The Labute approximate surface area is 293 Å². The van der Waals surface area contributed by atoms with Crippen molar-refractivity contribution in [3.63, 3.8) is 0 Å². The number of pyridine rings is 1. The number of carbonyl (C=O) groups excluding carboxylic acids is 2. The fourth-order valence-corrected chi connectivity index (χ4v) is 12.5. The first-order valence-corrected chi connectivity index (χ1v) is 18.0. The molecule has 268 valence electrons. The summed E-state index contributed by atoms with van der Waals surface area (Å²) in [6, 6.07) is 10.6. The van der Waals surface area contributed by atoms with Gasteiger partial charge in [-0.3, -0.25) is 14.7 Å². The number of nitrogens with zero attached hydrogens (tertiary/aromatic N) is 2. The number of likely N-dealkylation sites (N-methyl/N-ethyl adjacent to an activating group) is 1. The molecular weight excluding hydrogens is 638 g/mol. The molecule has 11 nitrogen and oxygen atoms in total. The van der Waals surface area contributed by atoms with Crippen LogP contribution in [0.3, 0.4) is 0 Å². The number of fused-ring (bicyclic) bond motifs is 2. The zero-order chi connectivity index (χ0) is 35.2. The van der Waals surface area contributed by atoms with Crippen LogP contribution in [-0.2, 0) is 23.7 Å². The molecule has 3 N–H and O–H groups in total. The summed E-state index contributed by atoms with van der Waals surface area (Å²) in [5, 5.41) is 28.8. The third kappa shape index (κ3) is 4.28. The first-order valence-electron chi connectivity index (χ1n) is 18.0. The molecule has 5 saturated carbocycles. The van der Waals surface area contributed by atoms with Gasteiger partial charge in [-0.15, -0.1) is 0 Å². The monoisotopic (exact) mass is 687 g/mol. The lowest BCUT2D eigenvalue weighted by molar-refractivity contribution is -0.337. The number of ether oxygens (including phenoxy) is 4. The van der Waals surface area contributed by atoms with Crippen LogP contribution in [0.1, 0.15) is 61.9 Å². The number of carbonyl (C=O) groups is 2. The predicted molar refractivity (Wildman–Crippen MR) is 184 cm³/mol. The lowest BCUT2D eigenvalue weighted by Crippen LogP contribution is -2.83. The lowest BCUT2D eigenvalue weighted by Gasteiger charge is -2.70. The zero-order valence-corrected chi connectivity index (χ0v) is 29.5. The van der Waals surface area contributed by atoms with Gasteiger partial charge in [0.1, 0.15) is 16.8 Å². The zero-order valence-electron chi connectivity index (χ0n) is 29.5. The molecule has 2 heterocycles. The number of piperidine rings is 1. The van der Waals surface area contributed by atoms with Crippen LogP contribution in [0.5, 0.6) is 0 Å². The quantitative estimate of drug-likeness (QED) is 0.264. The van der Waals surface area contributed by atoms with Crippen molar-refractivity contribution in [1.29, 1.82) is 0 Å². The molecule has 5 aliphatic carbocycles. The number of esters is 1. The normalized spacial score (nSPS) is 42.7. The van der Waals surface area contributed by atoms with E-state index in [1.54, 1.807) is 58.0 Å². The van der Waals surface area contributed by atoms with Gasteiger partial charge in [-0.25, -0.2) is 4.79 Å². The minimum atomic E-state index is -1.50. The fraction of sp³-hybridized carbons (Fsp3) is 0.615. The van der Waals surface area contributed by atoms with E-state index in [0.717, 1.165) is 11.1 Å². The highest BCUT2D eigenvalue weighted by Crippen LogP contribution is 2.79. The number of aromatic nitrogens is 1. The van der Waals surface area contributed by atoms with Gasteiger partial charge in [0, 0.05) is 87.9 Å². The Balaban J connectivity index is 1.17. The Morgan fingerprint density at radius 2 is 1.80 bits per heavy atom. The number of likely N-dealkylation sites (tertiary alicyclic amines) is 1. The van der Waals surface area contributed by atoms with Crippen LogP contribution < -0.4 is 5.32 Å². The second kappa shape index (κ2) is 11.9. The molecule has 1 aromatic heterocycles. The summed E-state index contributed by atoms with van der Waals surface area (Å²) in [7, 11) is 5.05. The standard InChI is InChI=1S/C39H49N3O8/c1-6-42-21-36(50-35(44)24-9-7-8-10-27(24)41-32(43)17-22(2)23-12-15-40-16-13-23)14-11-31(48-4)38-29(36)19-26(33(38)42)37(45)20-28(47-3)25-18-30(38)39(37,46)34(25)49-5/h7-10,12-13,15-17,25-26,28-31,33-34,45-46H,6,11,14,18-21H2,1-5H3,(H,41,43)/b22-17+/t25-,26-,28+,29-,30+,31+,33?,34+,36-,37+,38+,39+/m1/s1. The van der Waals surface area contributed by atoms with Gasteiger partial charge >= 0.3 is 5.97 Å². The number of methoxy groups -OCH3 is 3. The molecular formula is C39H49N3O8. The highest BCUT2D eigenvalue weighted by molar-refractivity contribution is 6.07. The second-order valence-corrected chi connectivity index (χ2v) is 15.6. The van der Waals surface area contributed by atoms with Gasteiger partial charge in [-0.2, -0.15) is 0 Å². The van der Waals surface area contributed by atoms with E-state index >= 15 is 0 Å². The minimum absolute atomic E-state index is 0.0706. The van der Waals surface area contributed by atoms with Crippen molar-refractivity contribution in [2.45, 2.75) is 87.1 Å². The van der Waals surface area contributed by atoms with E-state index in [-0.39, 0.29) is 53.4 Å². The first-order chi connectivity index (χ1) is 24.0. The molecule has 1 saturated heterocycles. The van der Waals surface area contributed by atoms with Crippen molar-refractivity contribution in [3.8, 4) is 0 Å². The molecule has 1 aliphatic heterocycles. The molecule has 50 heavy (non-hydrogen) atoms. The number of anilines is 1. The highest BCUT2D eigenvalue weighted by atomic mass is 16.6. The van der Waals surface area contributed by atoms with Crippen molar-refractivity contribution in [2.24, 2.45) is 29.1 Å². The van der Waals surface area contributed by atoms with E-state index in [1.807, 2.05) is 19.1 Å². The molecule has 2 aromatic rings. The largest absolute Gasteiger partial charge is 0.454 e. The minimum Gasteiger partial charge on any atom is -0.454 e. The number of rotatable bonds is 9. The molecule has 12 atom stereocenters. The maximum Gasteiger partial charge on any atom is 0.340 e. The molecule has 0 radical (unpaired) electrons. The van der Waals surface area contributed by atoms with Crippen molar-refractivity contribution >= 4 is 23.1 Å². The van der Waals surface area contributed by atoms with Gasteiger partial charge in [-0.05, 0) is 74.6 Å². The summed E-state index contributed by atoms with van der Waals surface area (Å²) in [5.74, 6) is -1.78. The number of para-hydroxylation sites is 1. The van der Waals surface area contributed by atoms with Gasteiger partial charge in [-0.1, -0.05) is 19.1 Å². The second-order valence-electron chi connectivity index (χ2n) is 15.6. The molecule has 6 aliphatic rings. The number of nitrogens with one attached hydrogen (secondary N) is 1. The van der Waals surface area contributed by atoms with E-state index in [1.165, 1.54) is 6.08 Å². The van der Waals surface area contributed by atoms with Gasteiger partial charge < -0.3 is 34.5 Å². The Bertz CT molecular complexity index is 1700. The lowest BCUT2D eigenvalue weighted by atomic mass is 9.44. The predicted octanol–water partition coefficient (Wildman–Crippen LogP) is 3.70. The number of hydrogen-bond acceptors (Lipinski definition) is 10. The van der Waals surface area contributed by atoms with Crippen LogP contribution in [-0.4, -0.2) is 108 Å². The summed E-state index contributed by atoms with van der Waals surface area (Å²) in [4.78, 5) is 34.1. The number of hydrogen-bond donors (Lipinski definition) is 3. The van der Waals surface area contributed by atoms with Crippen LogP contribution in [0.4, 0.5) is 5.69 Å². The van der Waals surface area contributed by atoms with Crippen LogP contribution in [0.2, 0.25) is 0 Å². The smallest absolute Gasteiger partial charge is 0.340 e. The average Bonchev–Trinajstić information content (AvgIpc) is 3.55. The van der Waals surface area contributed by atoms with E-state index in [0.29, 0.717) is 50.9 Å². The van der Waals surface area contributed by atoms with E-state index in [9.17, 15) is 19.8 Å². The van der Waals surface area contributed by atoms with Crippen LogP contribution >= 0.6 is 0 Å². The number of benzene rings is 1. The Hall–Kier alpha value is -3.19. The third-order valence-corrected chi connectivity index (χ3v) is 14.1. The summed E-state index contributed by atoms with van der Waals surface area (Å²) in [6.45, 7) is 5.18. The Morgan fingerprint density at radius 1 is 1.04 bits per heavy atom. The first kappa shape index (κ1) is 33.9. The average molecular weight is 688 g/mol. The summed E-state index contributed by atoms with van der Waals surface area (Å²) >= 11 is 0. The Morgan fingerprint density at radius 3 is 2.50 bits per heavy atom. The fourth-order valence-electron chi connectivity index (χ4n) is 12.5. The van der Waals surface area contributed by atoms with Gasteiger partial charge in [0.05, 0.1) is 29.6 Å². The number of aliphatic hydroxyl groups is 2. The van der Waals surface area contributed by atoms with Crippen LogP contribution in [0.15, 0.2) is 54.9 Å². The maximum absolute atomic E-state index is 14.4. The van der Waals surface area contributed by atoms with Crippen molar-refractivity contribution in [1.82, 2.24) is 9.88 Å². The van der Waals surface area contributed by atoms with Gasteiger partial charge in [0.15, 0.2) is 0 Å². The van der Waals surface area contributed by atoms with E-state index in [2.05, 4.69) is 22.1 Å². The Kier molecular flexibility index (Phi) is 8.09. The van der Waals surface area contributed by atoms with Gasteiger partial charge in [0.25, 0.3) is 0 Å². The summed E-state index contributed by atoms with van der Waals surface area (Å²) in [6.07, 6.45) is 6.59. The maximum atomic E-state index is 14.4. The van der Waals surface area contributed by atoms with E-state index in [4.69, 9.17) is 18.9 Å². The topological polar surface area (TPSA) is 140 Å². The van der Waals surface area contributed by atoms with Crippen LogP contribution in [0.25, 0.3) is 5.57 Å². The molecule has 1 aromatic carbocycles. The molecule has 1 spiro atoms. The van der Waals surface area contributed by atoms with Gasteiger partial charge in [0.2, 0.25) is 5.91 Å². The molecule has 1 unspecified atom stereocenters. The molecule has 8 rings (SSSR count). The highest BCUT2D eigenvalue weighted by Gasteiger charge is 2.89. The summed E-state index contributed by atoms with van der Waals surface area (Å²) < 4.78 is 25.3. The number of amides is 1. The number of allylic oxidation sites excluding steroid dienone is 1. The molecule has 6 fully saturated rings. The van der Waals surface area contributed by atoms with Crippen molar-refractivity contribution in [3.05, 3.63) is 66.0 Å².